The molecule has 6 heteroatoms. The Kier molecular flexibility index (Phi) is 11.1. The van der Waals surface area contributed by atoms with Gasteiger partial charge < -0.3 is 9.84 Å². The molecule has 5 nitrogen and oxygen atoms in total. The van der Waals surface area contributed by atoms with Crippen molar-refractivity contribution in [2.24, 2.45) is 0 Å². The predicted octanol–water partition coefficient (Wildman–Crippen LogP) is 10.2. The van der Waals surface area contributed by atoms with E-state index < -0.39 is 5.97 Å². The quantitative estimate of drug-likeness (QED) is 0.101. The van der Waals surface area contributed by atoms with Gasteiger partial charge in [0.25, 0.3) is 0 Å². The minimum Gasteiger partial charge on any atom is -0.482 e. The number of benzene rings is 5. The highest BCUT2D eigenvalue weighted by Gasteiger charge is 2.14. The van der Waals surface area contributed by atoms with Crippen molar-refractivity contribution in [3.63, 3.8) is 0 Å². The van der Waals surface area contributed by atoms with Gasteiger partial charge in [0.05, 0.1) is 0 Å². The first-order chi connectivity index (χ1) is 23.1. The number of hydrogen-bond acceptors (Lipinski definition) is 5. The van der Waals surface area contributed by atoms with Crippen LogP contribution in [0, 0.1) is 6.92 Å². The van der Waals surface area contributed by atoms with Crippen LogP contribution >= 0.6 is 11.8 Å². The standard InChI is InChI=1S/C42H38O5S/c1-5-30(26-48-39-20-21-40(27(2)22-39)47-25-41(45)46)42(33-16-12-31(13-17-33)37-10-6-8-35(23-37)28(3)43)34-18-14-32(15-19-34)38-11-7-9-36(24-38)29(4)44/h6-24H,5,25-26H2,1-4H3,(H,45,46). The van der Waals surface area contributed by atoms with Crippen LogP contribution in [0.5, 0.6) is 5.75 Å². The summed E-state index contributed by atoms with van der Waals surface area (Å²) in [7, 11) is 0. The number of carboxylic acid groups (broad SMARTS) is 1. The van der Waals surface area contributed by atoms with E-state index in [1.165, 1.54) is 5.57 Å². The maximum absolute atomic E-state index is 12.0. The summed E-state index contributed by atoms with van der Waals surface area (Å²) in [5, 5.41) is 8.98. The van der Waals surface area contributed by atoms with Gasteiger partial charge in [-0.25, -0.2) is 4.79 Å². The second kappa shape index (κ2) is 15.6. The zero-order chi connectivity index (χ0) is 34.2. The highest BCUT2D eigenvalue weighted by atomic mass is 32.2. The highest BCUT2D eigenvalue weighted by molar-refractivity contribution is 7.99. The molecule has 5 rings (SSSR count). The van der Waals surface area contributed by atoms with E-state index in [9.17, 15) is 14.4 Å². The Labute approximate surface area is 286 Å². The van der Waals surface area contributed by atoms with E-state index in [1.54, 1.807) is 25.6 Å². The Morgan fingerprint density at radius 1 is 0.646 bits per heavy atom. The first-order valence-electron chi connectivity index (χ1n) is 15.9. The fourth-order valence-corrected chi connectivity index (χ4v) is 6.72. The summed E-state index contributed by atoms with van der Waals surface area (Å²) in [4.78, 5) is 36.0. The number of thioether (sulfide) groups is 1. The van der Waals surface area contributed by atoms with E-state index in [4.69, 9.17) is 9.84 Å². The van der Waals surface area contributed by atoms with Crippen LogP contribution in [0.2, 0.25) is 0 Å². The number of carbonyl (C=O) groups is 3. The van der Waals surface area contributed by atoms with E-state index in [-0.39, 0.29) is 18.2 Å². The molecule has 0 saturated carbocycles. The van der Waals surface area contributed by atoms with Gasteiger partial charge in [-0.05, 0) is 102 Å². The van der Waals surface area contributed by atoms with Gasteiger partial charge in [-0.3, -0.25) is 9.59 Å². The summed E-state index contributed by atoms with van der Waals surface area (Å²) in [6.45, 7) is 6.88. The lowest BCUT2D eigenvalue weighted by Gasteiger charge is -2.17. The molecule has 0 bridgehead atoms. The highest BCUT2D eigenvalue weighted by Crippen LogP contribution is 2.35. The van der Waals surface area contributed by atoms with Crippen molar-refractivity contribution in [1.82, 2.24) is 0 Å². The summed E-state index contributed by atoms with van der Waals surface area (Å²) < 4.78 is 5.42. The molecule has 0 amide bonds. The molecule has 0 heterocycles. The van der Waals surface area contributed by atoms with Crippen molar-refractivity contribution in [3.8, 4) is 28.0 Å². The summed E-state index contributed by atoms with van der Waals surface area (Å²) >= 11 is 1.73. The minimum absolute atomic E-state index is 0.0397. The van der Waals surface area contributed by atoms with E-state index in [0.29, 0.717) is 16.9 Å². The number of aliphatic carboxylic acids is 1. The topological polar surface area (TPSA) is 80.7 Å². The van der Waals surface area contributed by atoms with Crippen LogP contribution in [-0.4, -0.2) is 35.0 Å². The average Bonchev–Trinajstić information content (AvgIpc) is 3.10. The Hall–Kier alpha value is -5.20. The first kappa shape index (κ1) is 34.1. The Balaban J connectivity index is 1.51. The van der Waals surface area contributed by atoms with Crippen molar-refractivity contribution >= 4 is 34.9 Å². The normalized spacial score (nSPS) is 10.8. The molecular weight excluding hydrogens is 617 g/mol. The number of carboxylic acids is 1. The lowest BCUT2D eigenvalue weighted by atomic mass is 9.90. The van der Waals surface area contributed by atoms with E-state index in [2.05, 4.69) is 55.5 Å². The Morgan fingerprint density at radius 2 is 1.17 bits per heavy atom. The molecule has 242 valence electrons. The molecule has 5 aromatic rings. The molecule has 0 atom stereocenters. The second-order valence-electron chi connectivity index (χ2n) is 11.7. The maximum atomic E-state index is 12.0. The SMILES string of the molecule is CCC(CSc1ccc(OCC(=O)O)c(C)c1)=C(c1ccc(-c2cccc(C(C)=O)c2)cc1)c1ccc(-c2cccc(C(C)=O)c2)cc1. The molecule has 0 aliphatic rings. The molecule has 1 N–H and O–H groups in total. The summed E-state index contributed by atoms with van der Waals surface area (Å²) in [5.74, 6) is 0.395. The monoisotopic (exact) mass is 654 g/mol. The summed E-state index contributed by atoms with van der Waals surface area (Å²) in [6.07, 6.45) is 0.839. The Bertz CT molecular complexity index is 1890. The van der Waals surface area contributed by atoms with Gasteiger partial charge in [0.1, 0.15) is 5.75 Å². The molecule has 0 fully saturated rings. The molecule has 0 spiro atoms. The molecule has 5 aromatic carbocycles. The van der Waals surface area contributed by atoms with Crippen molar-refractivity contribution in [2.45, 2.75) is 39.0 Å². The van der Waals surface area contributed by atoms with Crippen molar-refractivity contribution in [1.29, 1.82) is 0 Å². The van der Waals surface area contributed by atoms with Gasteiger partial charge in [0.15, 0.2) is 18.2 Å². The number of Topliss-reactive ketones (excluding diaryl/α,β-unsaturated/α-hetero) is 2. The van der Waals surface area contributed by atoms with Crippen molar-refractivity contribution in [2.75, 3.05) is 12.4 Å². The lowest BCUT2D eigenvalue weighted by Crippen LogP contribution is -2.10. The fraction of sp³-hybridized carbons (Fsp3) is 0.167. The van der Waals surface area contributed by atoms with Crippen LogP contribution in [0.4, 0.5) is 0 Å². The molecule has 48 heavy (non-hydrogen) atoms. The van der Waals surface area contributed by atoms with Gasteiger partial charge in [0.2, 0.25) is 0 Å². The number of aryl methyl sites for hydroxylation is 1. The smallest absolute Gasteiger partial charge is 0.341 e. The summed E-state index contributed by atoms with van der Waals surface area (Å²) in [6, 6.07) is 38.3. The van der Waals surface area contributed by atoms with Gasteiger partial charge in [-0.1, -0.05) is 97.4 Å². The third-order valence-electron chi connectivity index (χ3n) is 8.24. The van der Waals surface area contributed by atoms with Crippen LogP contribution in [-0.2, 0) is 4.79 Å². The largest absolute Gasteiger partial charge is 0.482 e. The zero-order valence-corrected chi connectivity index (χ0v) is 28.4. The average molecular weight is 655 g/mol. The molecule has 0 aliphatic carbocycles. The number of hydrogen-bond donors (Lipinski definition) is 1. The van der Waals surface area contributed by atoms with Crippen LogP contribution < -0.4 is 4.74 Å². The predicted molar refractivity (Wildman–Crippen MR) is 195 cm³/mol. The van der Waals surface area contributed by atoms with E-state index >= 15 is 0 Å². The first-order valence-corrected chi connectivity index (χ1v) is 16.8. The fourth-order valence-electron chi connectivity index (χ4n) is 5.60. The van der Waals surface area contributed by atoms with E-state index in [1.807, 2.05) is 73.7 Å². The number of ketones is 2. The van der Waals surface area contributed by atoms with Gasteiger partial charge in [-0.15, -0.1) is 11.8 Å². The Morgan fingerprint density at radius 3 is 1.60 bits per heavy atom. The van der Waals surface area contributed by atoms with Crippen LogP contribution in [0.15, 0.2) is 126 Å². The van der Waals surface area contributed by atoms with Crippen molar-refractivity contribution in [3.05, 3.63) is 149 Å². The molecule has 0 saturated heterocycles. The van der Waals surface area contributed by atoms with Crippen LogP contribution in [0.1, 0.15) is 64.6 Å². The van der Waals surface area contributed by atoms with Crippen LogP contribution in [0.3, 0.4) is 0 Å². The summed E-state index contributed by atoms with van der Waals surface area (Å²) in [5.41, 5.74) is 11.0. The van der Waals surface area contributed by atoms with Crippen LogP contribution in [0.25, 0.3) is 27.8 Å². The molecule has 0 unspecified atom stereocenters. The van der Waals surface area contributed by atoms with Crippen molar-refractivity contribution < 1.29 is 24.2 Å². The molecule has 0 radical (unpaired) electrons. The third-order valence-corrected chi connectivity index (χ3v) is 9.32. The second-order valence-corrected chi connectivity index (χ2v) is 12.7. The number of ether oxygens (including phenoxy) is 1. The lowest BCUT2D eigenvalue weighted by molar-refractivity contribution is -0.139. The molecular formula is C42H38O5S. The molecule has 0 aromatic heterocycles. The number of carbonyl (C=O) groups excluding carboxylic acids is 2. The van der Waals surface area contributed by atoms with Gasteiger partial charge in [0, 0.05) is 21.8 Å². The van der Waals surface area contributed by atoms with E-state index in [0.717, 1.165) is 61.6 Å². The zero-order valence-electron chi connectivity index (χ0n) is 27.6. The van der Waals surface area contributed by atoms with Gasteiger partial charge in [-0.2, -0.15) is 0 Å². The van der Waals surface area contributed by atoms with Gasteiger partial charge >= 0.3 is 5.97 Å². The minimum atomic E-state index is -1.01. The third kappa shape index (κ3) is 8.38. The maximum Gasteiger partial charge on any atom is 0.341 e. The number of rotatable bonds is 13. The molecule has 0 aliphatic heterocycles.